The first-order valence-corrected chi connectivity index (χ1v) is 13.3. The van der Waals surface area contributed by atoms with Crippen molar-refractivity contribution in [1.82, 2.24) is 30.1 Å². The Bertz CT molecular complexity index is 1060. The second kappa shape index (κ2) is 12.0. The molecule has 35 heavy (non-hydrogen) atoms. The van der Waals surface area contributed by atoms with Gasteiger partial charge in [-0.1, -0.05) is 43.7 Å². The highest BCUT2D eigenvalue weighted by molar-refractivity contribution is 5.73. The molecule has 7 nitrogen and oxygen atoms in total. The van der Waals surface area contributed by atoms with Crippen molar-refractivity contribution in [2.24, 2.45) is 0 Å². The Labute approximate surface area is 210 Å². The summed E-state index contributed by atoms with van der Waals surface area (Å²) in [5.41, 5.74) is 3.03. The smallest absolute Gasteiger partial charge is 0.160 e. The van der Waals surface area contributed by atoms with Crippen LogP contribution in [0.15, 0.2) is 42.6 Å². The zero-order chi connectivity index (χ0) is 24.8. The summed E-state index contributed by atoms with van der Waals surface area (Å²) >= 11 is 0. The number of rotatable bonds is 11. The third-order valence-electron chi connectivity index (χ3n) is 6.90. The molecule has 2 N–H and O–H groups in total. The van der Waals surface area contributed by atoms with Crippen molar-refractivity contribution in [3.05, 3.63) is 54.0 Å². The van der Waals surface area contributed by atoms with Gasteiger partial charge in [0.05, 0.1) is 12.2 Å². The van der Waals surface area contributed by atoms with Crippen molar-refractivity contribution in [2.45, 2.75) is 77.7 Å². The molecule has 1 aromatic carbocycles. The number of piperazine rings is 1. The number of hydrogen-bond donors (Lipinski definition) is 2. The van der Waals surface area contributed by atoms with Crippen LogP contribution in [0.25, 0.3) is 11.2 Å². The van der Waals surface area contributed by atoms with E-state index in [0.717, 1.165) is 68.2 Å². The van der Waals surface area contributed by atoms with E-state index in [-0.39, 0.29) is 6.10 Å². The fourth-order valence-corrected chi connectivity index (χ4v) is 5.41. The van der Waals surface area contributed by atoms with Crippen LogP contribution in [0, 0.1) is 0 Å². The second-order valence-corrected chi connectivity index (χ2v) is 9.86. The number of benzene rings is 1. The summed E-state index contributed by atoms with van der Waals surface area (Å²) in [5, 5.41) is 6.91. The highest BCUT2D eigenvalue weighted by Crippen LogP contribution is 2.32. The molecule has 4 rings (SSSR count). The predicted octanol–water partition coefficient (Wildman–Crippen LogP) is 4.70. The lowest BCUT2D eigenvalue weighted by atomic mass is 10.0. The molecule has 0 aliphatic carbocycles. The Morgan fingerprint density at radius 3 is 2.51 bits per heavy atom. The molecule has 0 amide bonds. The summed E-state index contributed by atoms with van der Waals surface area (Å²) in [7, 11) is 1.97. The zero-order valence-electron chi connectivity index (χ0n) is 22.0. The van der Waals surface area contributed by atoms with Crippen molar-refractivity contribution < 1.29 is 4.74 Å². The van der Waals surface area contributed by atoms with Crippen molar-refractivity contribution in [1.29, 1.82) is 0 Å². The Balaban J connectivity index is 1.65. The van der Waals surface area contributed by atoms with Gasteiger partial charge in [-0.05, 0) is 46.3 Å². The highest BCUT2D eigenvalue weighted by atomic mass is 16.5. The normalized spacial score (nSPS) is 20.7. The first kappa shape index (κ1) is 25.6. The van der Waals surface area contributed by atoms with E-state index >= 15 is 0 Å². The first-order chi connectivity index (χ1) is 17.0. The number of nitrogens with one attached hydrogen (secondary N) is 2. The van der Waals surface area contributed by atoms with Gasteiger partial charge >= 0.3 is 0 Å². The van der Waals surface area contributed by atoms with Crippen LogP contribution in [0.3, 0.4) is 0 Å². The molecule has 190 valence electrons. The first-order valence-electron chi connectivity index (χ1n) is 13.3. The largest absolute Gasteiger partial charge is 0.484 e. The minimum atomic E-state index is -0.0349. The average molecular weight is 479 g/mol. The molecule has 1 aliphatic heterocycles. The minimum Gasteiger partial charge on any atom is -0.484 e. The summed E-state index contributed by atoms with van der Waals surface area (Å²) in [6, 6.07) is 13.7. The number of fused-ring (bicyclic) bond motifs is 1. The summed E-state index contributed by atoms with van der Waals surface area (Å²) < 4.78 is 8.77. The van der Waals surface area contributed by atoms with E-state index < -0.39 is 0 Å². The maximum absolute atomic E-state index is 6.48. The summed E-state index contributed by atoms with van der Waals surface area (Å²) in [5.74, 6) is 1.90. The number of pyridine rings is 1. The monoisotopic (exact) mass is 478 g/mol. The van der Waals surface area contributed by atoms with Crippen LogP contribution >= 0.6 is 0 Å². The lowest BCUT2D eigenvalue weighted by molar-refractivity contribution is 0.110. The number of nitrogens with zero attached hydrogens (tertiary/aromatic N) is 4. The molecular weight excluding hydrogens is 436 g/mol. The van der Waals surface area contributed by atoms with Crippen molar-refractivity contribution in [3.8, 4) is 5.75 Å². The van der Waals surface area contributed by atoms with Crippen LogP contribution in [-0.4, -0.2) is 58.2 Å². The molecule has 1 saturated heterocycles. The molecule has 2 aromatic heterocycles. The van der Waals surface area contributed by atoms with Crippen LogP contribution in [0.4, 0.5) is 0 Å². The van der Waals surface area contributed by atoms with Gasteiger partial charge in [0, 0.05) is 44.2 Å². The molecule has 0 radical (unpaired) electrons. The molecule has 1 fully saturated rings. The second-order valence-electron chi connectivity index (χ2n) is 9.86. The number of aromatic nitrogens is 3. The van der Waals surface area contributed by atoms with Gasteiger partial charge in [0.25, 0.3) is 0 Å². The zero-order valence-corrected chi connectivity index (χ0v) is 22.0. The van der Waals surface area contributed by atoms with Gasteiger partial charge in [0.2, 0.25) is 0 Å². The topological polar surface area (TPSA) is 67.2 Å². The quantitative estimate of drug-likeness (QED) is 0.416. The maximum Gasteiger partial charge on any atom is 0.160 e. The van der Waals surface area contributed by atoms with Gasteiger partial charge in [-0.15, -0.1) is 0 Å². The van der Waals surface area contributed by atoms with Gasteiger partial charge in [0.15, 0.2) is 5.65 Å². The fourth-order valence-electron chi connectivity index (χ4n) is 5.41. The Morgan fingerprint density at radius 1 is 1.11 bits per heavy atom. The lowest BCUT2D eigenvalue weighted by Crippen LogP contribution is -2.55. The third-order valence-corrected chi connectivity index (χ3v) is 6.90. The van der Waals surface area contributed by atoms with Crippen LogP contribution < -0.4 is 15.4 Å². The van der Waals surface area contributed by atoms with Gasteiger partial charge in [0.1, 0.15) is 23.2 Å². The Hall–Kier alpha value is -2.48. The summed E-state index contributed by atoms with van der Waals surface area (Å²) in [6.45, 7) is 12.8. The highest BCUT2D eigenvalue weighted by Gasteiger charge is 2.31. The molecule has 7 heteroatoms. The van der Waals surface area contributed by atoms with Gasteiger partial charge < -0.3 is 19.9 Å². The Morgan fingerprint density at radius 2 is 1.86 bits per heavy atom. The summed E-state index contributed by atoms with van der Waals surface area (Å²) in [4.78, 5) is 12.6. The minimum absolute atomic E-state index is 0.0349. The molecule has 4 unspecified atom stereocenters. The number of imidazole rings is 1. The average Bonchev–Trinajstić information content (AvgIpc) is 3.22. The number of hydrogen-bond acceptors (Lipinski definition) is 6. The van der Waals surface area contributed by atoms with E-state index in [2.05, 4.69) is 78.1 Å². The Kier molecular flexibility index (Phi) is 8.76. The van der Waals surface area contributed by atoms with Crippen LogP contribution in [0.5, 0.6) is 5.75 Å². The standard InChI is InChI=1S/C28H42N6O/c1-6-11-25(33-18-20(3)31-21(4)19-33)28-32-24-16-23(17-30-27(24)34(28)7-2)35-26(14-15-29-5)22-12-9-8-10-13-22/h8-10,12-13,16-17,20-21,25-26,29,31H,6-7,11,14-15,18-19H2,1-5H3. The summed E-state index contributed by atoms with van der Waals surface area (Å²) in [6.07, 6.45) is 4.92. The van der Waals surface area contributed by atoms with Crippen LogP contribution in [0.2, 0.25) is 0 Å². The van der Waals surface area contributed by atoms with E-state index in [0.29, 0.717) is 18.1 Å². The number of ether oxygens (including phenoxy) is 1. The van der Waals surface area contributed by atoms with E-state index in [1.165, 1.54) is 5.56 Å². The molecule has 3 heterocycles. The van der Waals surface area contributed by atoms with Crippen molar-refractivity contribution in [3.63, 3.8) is 0 Å². The van der Waals surface area contributed by atoms with Crippen LogP contribution in [-0.2, 0) is 6.54 Å². The predicted molar refractivity (Wildman–Crippen MR) is 143 cm³/mol. The van der Waals surface area contributed by atoms with E-state index in [1.54, 1.807) is 0 Å². The molecule has 0 saturated carbocycles. The molecule has 0 bridgehead atoms. The van der Waals surface area contributed by atoms with Crippen molar-refractivity contribution in [2.75, 3.05) is 26.7 Å². The SMILES string of the molecule is CCCC(c1nc2cc(OC(CCNC)c3ccccc3)cnc2n1CC)N1CC(C)NC(C)C1. The molecule has 3 aromatic rings. The molecule has 1 aliphatic rings. The van der Waals surface area contributed by atoms with Crippen molar-refractivity contribution >= 4 is 11.2 Å². The lowest BCUT2D eigenvalue weighted by Gasteiger charge is -2.40. The number of aryl methyl sites for hydroxylation is 1. The van der Waals surface area contributed by atoms with Gasteiger partial charge in [-0.2, -0.15) is 0 Å². The van der Waals surface area contributed by atoms with Crippen LogP contribution in [0.1, 0.15) is 70.5 Å². The molecule has 4 atom stereocenters. The van der Waals surface area contributed by atoms with E-state index in [9.17, 15) is 0 Å². The molecule has 0 spiro atoms. The third kappa shape index (κ3) is 6.02. The fraction of sp³-hybridized carbons (Fsp3) is 0.571. The van der Waals surface area contributed by atoms with E-state index in [4.69, 9.17) is 14.7 Å². The van der Waals surface area contributed by atoms with Gasteiger partial charge in [-0.25, -0.2) is 9.97 Å². The van der Waals surface area contributed by atoms with Gasteiger partial charge in [-0.3, -0.25) is 4.90 Å². The molecular formula is C28H42N6O. The maximum atomic E-state index is 6.48. The van der Waals surface area contributed by atoms with E-state index in [1.807, 2.05) is 19.3 Å².